The molecule has 4 aromatic carbocycles. The van der Waals surface area contributed by atoms with E-state index >= 15 is 0 Å². The molecule has 0 saturated carbocycles. The quantitative estimate of drug-likeness (QED) is 0.203. The van der Waals surface area contributed by atoms with E-state index in [9.17, 15) is 0 Å². The second-order valence-corrected chi connectivity index (χ2v) is 13.3. The van der Waals surface area contributed by atoms with Crippen LogP contribution >= 0.6 is 30.4 Å². The van der Waals surface area contributed by atoms with E-state index in [0.29, 0.717) is 0 Å². The summed E-state index contributed by atoms with van der Waals surface area (Å²) in [4.78, 5) is 5.43. The number of rotatable bonds is 6. The molecular weight excluding hydrogens is 457 g/mol. The number of hydrogen-bond donors (Lipinski definition) is 0. The molecule has 0 unspecified atom stereocenters. The first-order chi connectivity index (χ1) is 16.2. The van der Waals surface area contributed by atoms with Gasteiger partial charge in [0.25, 0.3) is 0 Å². The molecule has 0 saturated heterocycles. The van der Waals surface area contributed by atoms with Crippen LogP contribution in [0.1, 0.15) is 5.56 Å². The smallest absolute Gasteiger partial charge is 0.200 e. The molecule has 0 N–H and O–H groups in total. The lowest BCUT2D eigenvalue weighted by molar-refractivity contribution is 1.42. The summed E-state index contributed by atoms with van der Waals surface area (Å²) in [6.07, 6.45) is 2.17. The summed E-state index contributed by atoms with van der Waals surface area (Å²) in [7, 11) is -2.19. The van der Waals surface area contributed by atoms with Crippen LogP contribution in [0.15, 0.2) is 119 Å². The lowest BCUT2D eigenvalue weighted by Crippen LogP contribution is -2.39. The van der Waals surface area contributed by atoms with Gasteiger partial charge in [-0.05, 0) is 49.6 Å². The largest absolute Gasteiger partial charge is 0.223 e. The van der Waals surface area contributed by atoms with E-state index in [1.54, 1.807) is 0 Å². The Balaban J connectivity index is 1.87. The first-order valence-corrected chi connectivity index (χ1v) is 14.7. The van der Waals surface area contributed by atoms with Gasteiger partial charge in [-0.1, -0.05) is 84.4 Å². The summed E-state index contributed by atoms with van der Waals surface area (Å²) in [5, 5.41) is 5.08. The van der Waals surface area contributed by atoms with Gasteiger partial charge in [0.1, 0.15) is 25.1 Å². The molecule has 0 aliphatic heterocycles. The zero-order valence-corrected chi connectivity index (χ0v) is 21.2. The predicted molar refractivity (Wildman–Crippen MR) is 149 cm³/mol. The number of nitrogens with zero attached hydrogens (tertiary/aromatic N) is 1. The van der Waals surface area contributed by atoms with Gasteiger partial charge in [-0.2, -0.15) is 4.98 Å². The minimum Gasteiger partial charge on any atom is -0.200 e. The van der Waals surface area contributed by atoms with Crippen molar-refractivity contribution in [3.63, 3.8) is 0 Å². The van der Waals surface area contributed by atoms with Crippen LogP contribution in [0.3, 0.4) is 0 Å². The standard InChI is InChI=1S/C29H25NPS2/c1-22-18-20-23(21-19-22)28-30-27(29(32-2)33-28)31(24-12-6-3-7-13-24,25-14-8-4-9-15-25)26-16-10-5-11-17-26/h3-21H,1-2H3/q+1. The van der Waals surface area contributed by atoms with Crippen LogP contribution in [0, 0.1) is 6.92 Å². The van der Waals surface area contributed by atoms with Crippen molar-refractivity contribution in [2.45, 2.75) is 11.1 Å². The highest BCUT2D eigenvalue weighted by molar-refractivity contribution is 8.05. The van der Waals surface area contributed by atoms with Crippen molar-refractivity contribution in [2.75, 3.05) is 6.26 Å². The third kappa shape index (κ3) is 4.06. The Kier molecular flexibility index (Phi) is 6.46. The molecule has 0 atom stereocenters. The van der Waals surface area contributed by atoms with Crippen molar-refractivity contribution < 1.29 is 0 Å². The summed E-state index contributed by atoms with van der Waals surface area (Å²) in [5.74, 6) is 0. The first kappa shape index (κ1) is 22.1. The van der Waals surface area contributed by atoms with E-state index in [2.05, 4.69) is 128 Å². The highest BCUT2D eigenvalue weighted by Crippen LogP contribution is 2.56. The van der Waals surface area contributed by atoms with Crippen LogP contribution < -0.4 is 21.3 Å². The fourth-order valence-corrected chi connectivity index (χ4v) is 11.0. The number of thiazole rings is 1. The lowest BCUT2D eigenvalue weighted by atomic mass is 10.2. The topological polar surface area (TPSA) is 12.9 Å². The van der Waals surface area contributed by atoms with Gasteiger partial charge in [0, 0.05) is 5.56 Å². The Bertz CT molecular complexity index is 1230. The molecule has 0 spiro atoms. The Labute approximate surface area is 204 Å². The fraction of sp³-hybridized carbons (Fsp3) is 0.0690. The van der Waals surface area contributed by atoms with E-state index in [4.69, 9.17) is 4.98 Å². The van der Waals surface area contributed by atoms with Crippen LogP contribution in [0.5, 0.6) is 0 Å². The summed E-state index contributed by atoms with van der Waals surface area (Å²) in [5.41, 5.74) is 3.65. The molecule has 0 amide bonds. The predicted octanol–water partition coefficient (Wildman–Crippen LogP) is 6.46. The molecule has 5 rings (SSSR count). The molecule has 1 nitrogen and oxygen atoms in total. The summed E-state index contributed by atoms with van der Waals surface area (Å²) >= 11 is 3.62. The Morgan fingerprint density at radius 1 is 0.636 bits per heavy atom. The SMILES string of the molecule is CSc1sc(-c2ccc(C)cc2)nc1[P+](c1ccccc1)(c1ccccc1)c1ccccc1. The molecule has 0 radical (unpaired) electrons. The van der Waals surface area contributed by atoms with E-state index < -0.39 is 7.26 Å². The average Bonchev–Trinajstić information content (AvgIpc) is 3.32. The van der Waals surface area contributed by atoms with E-state index in [0.717, 1.165) is 5.01 Å². The molecule has 4 heteroatoms. The summed E-state index contributed by atoms with van der Waals surface area (Å²) in [6.45, 7) is 2.13. The monoisotopic (exact) mass is 482 g/mol. The number of hydrogen-bond acceptors (Lipinski definition) is 3. The third-order valence-electron chi connectivity index (χ3n) is 5.81. The van der Waals surface area contributed by atoms with Crippen molar-refractivity contribution in [3.05, 3.63) is 121 Å². The zero-order valence-electron chi connectivity index (χ0n) is 18.7. The third-order valence-corrected chi connectivity index (χ3v) is 12.5. The lowest BCUT2D eigenvalue weighted by Gasteiger charge is -2.26. The van der Waals surface area contributed by atoms with Crippen LogP contribution in [0.25, 0.3) is 10.6 Å². The molecule has 0 fully saturated rings. The molecule has 162 valence electrons. The highest BCUT2D eigenvalue weighted by Gasteiger charge is 2.51. The number of aryl methyl sites for hydroxylation is 1. The normalized spacial score (nSPS) is 11.5. The van der Waals surface area contributed by atoms with Gasteiger partial charge < -0.3 is 0 Å². The second-order valence-electron chi connectivity index (χ2n) is 7.88. The van der Waals surface area contributed by atoms with Gasteiger partial charge >= 0.3 is 0 Å². The number of aromatic nitrogens is 1. The van der Waals surface area contributed by atoms with Crippen molar-refractivity contribution in [3.8, 4) is 10.6 Å². The minimum atomic E-state index is -2.19. The Hall–Kier alpha value is -2.71. The first-order valence-electron chi connectivity index (χ1n) is 10.9. The molecule has 0 aliphatic rings. The van der Waals surface area contributed by atoms with Gasteiger partial charge in [0.05, 0.1) is 0 Å². The molecule has 0 bridgehead atoms. The summed E-state index contributed by atoms with van der Waals surface area (Å²) in [6, 6.07) is 41.6. The Morgan fingerprint density at radius 3 is 1.52 bits per heavy atom. The van der Waals surface area contributed by atoms with Crippen LogP contribution in [0.2, 0.25) is 0 Å². The maximum Gasteiger partial charge on any atom is 0.223 e. The van der Waals surface area contributed by atoms with Gasteiger partial charge in [-0.25, -0.2) is 0 Å². The van der Waals surface area contributed by atoms with Crippen molar-refractivity contribution >= 4 is 51.7 Å². The summed E-state index contributed by atoms with van der Waals surface area (Å²) < 4.78 is 1.29. The molecule has 1 aromatic heterocycles. The van der Waals surface area contributed by atoms with E-state index in [1.807, 2.05) is 23.1 Å². The van der Waals surface area contributed by atoms with Crippen LogP contribution in [-0.4, -0.2) is 11.2 Å². The average molecular weight is 483 g/mol. The highest BCUT2D eigenvalue weighted by atomic mass is 32.2. The van der Waals surface area contributed by atoms with Gasteiger partial charge in [-0.3, -0.25) is 0 Å². The molecule has 5 aromatic rings. The zero-order chi connectivity index (χ0) is 22.7. The molecular formula is C29H25NPS2+. The second kappa shape index (κ2) is 9.65. The van der Waals surface area contributed by atoms with Gasteiger partial charge in [0.15, 0.2) is 7.26 Å². The van der Waals surface area contributed by atoms with Crippen LogP contribution in [0.4, 0.5) is 0 Å². The van der Waals surface area contributed by atoms with Gasteiger partial charge in [-0.15, -0.1) is 23.1 Å². The van der Waals surface area contributed by atoms with Crippen LogP contribution in [-0.2, 0) is 0 Å². The van der Waals surface area contributed by atoms with Crippen molar-refractivity contribution in [1.82, 2.24) is 4.98 Å². The molecule has 1 heterocycles. The maximum atomic E-state index is 5.43. The maximum absolute atomic E-state index is 5.43. The van der Waals surface area contributed by atoms with Gasteiger partial charge in [0.2, 0.25) is 5.44 Å². The Morgan fingerprint density at radius 2 is 1.09 bits per heavy atom. The number of benzene rings is 4. The molecule has 33 heavy (non-hydrogen) atoms. The van der Waals surface area contributed by atoms with Crippen molar-refractivity contribution in [1.29, 1.82) is 0 Å². The van der Waals surface area contributed by atoms with E-state index in [-0.39, 0.29) is 0 Å². The molecule has 0 aliphatic carbocycles. The number of thioether (sulfide) groups is 1. The minimum absolute atomic E-state index is 1.08. The van der Waals surface area contributed by atoms with E-state index in [1.165, 1.54) is 36.7 Å². The van der Waals surface area contributed by atoms with Crippen molar-refractivity contribution in [2.24, 2.45) is 0 Å². The fourth-order valence-electron chi connectivity index (χ4n) is 4.23.